The van der Waals surface area contributed by atoms with E-state index in [1.54, 1.807) is 11.4 Å². The number of methoxy groups -OCH3 is 1. The summed E-state index contributed by atoms with van der Waals surface area (Å²) >= 11 is 0. The van der Waals surface area contributed by atoms with Gasteiger partial charge in [-0.2, -0.15) is 0 Å². The Labute approximate surface area is 238 Å². The molecule has 10 heteroatoms. The maximum Gasteiger partial charge on any atom is 0.309 e. The van der Waals surface area contributed by atoms with Crippen molar-refractivity contribution in [1.82, 2.24) is 9.21 Å². The number of carboxylic acids is 1. The average Bonchev–Trinajstić information content (AvgIpc) is 3.57. The third-order valence-electron chi connectivity index (χ3n) is 7.89. The molecular formula is C30H42N2O7S. The van der Waals surface area contributed by atoms with Crippen molar-refractivity contribution >= 4 is 16.0 Å². The molecule has 2 aliphatic heterocycles. The standard InChI is InChI=1S/C30H42N2O7S/c1-4-6-7-18-40(35,36)32(15-5-2)17-8-16-31-20-25(23-11-14-26-27(19-23)39-21-38-26)28(30(33)34)29(31)22-9-12-24(37-3)13-10-22/h9-14,19,25,28-29H,4-8,15-18,20-21H2,1-3H3,(H,33,34)/t25-,28+,29-/m1/s1. The van der Waals surface area contributed by atoms with Crippen molar-refractivity contribution in [3.8, 4) is 17.2 Å². The van der Waals surface area contributed by atoms with E-state index in [0.717, 1.165) is 30.4 Å². The number of hydrogen-bond donors (Lipinski definition) is 1. The van der Waals surface area contributed by atoms with E-state index in [1.807, 2.05) is 49.4 Å². The highest BCUT2D eigenvalue weighted by Crippen LogP contribution is 2.47. The molecule has 2 aliphatic rings. The van der Waals surface area contributed by atoms with Crippen LogP contribution in [0.4, 0.5) is 0 Å². The smallest absolute Gasteiger partial charge is 0.309 e. The Kier molecular flexibility index (Phi) is 10.3. The third-order valence-corrected chi connectivity index (χ3v) is 9.85. The van der Waals surface area contributed by atoms with Crippen LogP contribution in [0.15, 0.2) is 42.5 Å². The van der Waals surface area contributed by atoms with Crippen LogP contribution in [0.25, 0.3) is 0 Å². The highest BCUT2D eigenvalue weighted by Gasteiger charge is 2.47. The number of benzene rings is 2. The van der Waals surface area contributed by atoms with Gasteiger partial charge in [0.05, 0.1) is 18.8 Å². The summed E-state index contributed by atoms with van der Waals surface area (Å²) in [5.41, 5.74) is 1.79. The van der Waals surface area contributed by atoms with E-state index in [-0.39, 0.29) is 24.5 Å². The van der Waals surface area contributed by atoms with Gasteiger partial charge in [-0.25, -0.2) is 12.7 Å². The molecule has 1 N–H and O–H groups in total. The number of carbonyl (C=O) groups is 1. The minimum absolute atomic E-state index is 0.155. The molecule has 9 nitrogen and oxygen atoms in total. The first-order valence-electron chi connectivity index (χ1n) is 14.3. The van der Waals surface area contributed by atoms with Crippen molar-refractivity contribution in [3.63, 3.8) is 0 Å². The van der Waals surface area contributed by atoms with Crippen LogP contribution in [0.5, 0.6) is 17.2 Å². The quantitative estimate of drug-likeness (QED) is 0.300. The van der Waals surface area contributed by atoms with Gasteiger partial charge >= 0.3 is 5.97 Å². The number of nitrogens with zero attached hydrogens (tertiary/aromatic N) is 2. The van der Waals surface area contributed by atoms with Crippen LogP contribution in [0.1, 0.15) is 69.0 Å². The summed E-state index contributed by atoms with van der Waals surface area (Å²) in [7, 11) is -1.73. The van der Waals surface area contributed by atoms with Crippen LogP contribution in [0.2, 0.25) is 0 Å². The predicted octanol–water partition coefficient (Wildman–Crippen LogP) is 4.89. The largest absolute Gasteiger partial charge is 0.497 e. The number of aliphatic carboxylic acids is 1. The zero-order valence-electron chi connectivity index (χ0n) is 23.8. The number of hydrogen-bond acceptors (Lipinski definition) is 7. The lowest BCUT2D eigenvalue weighted by molar-refractivity contribution is -0.143. The highest BCUT2D eigenvalue weighted by molar-refractivity contribution is 7.89. The summed E-state index contributed by atoms with van der Waals surface area (Å²) < 4.78 is 44.1. The fraction of sp³-hybridized carbons (Fsp3) is 0.567. The van der Waals surface area contributed by atoms with E-state index in [9.17, 15) is 18.3 Å². The van der Waals surface area contributed by atoms with Crippen LogP contribution in [0.3, 0.4) is 0 Å². The van der Waals surface area contributed by atoms with Crippen molar-refractivity contribution in [3.05, 3.63) is 53.6 Å². The summed E-state index contributed by atoms with van der Waals surface area (Å²) in [5, 5.41) is 10.5. The molecule has 2 aromatic rings. The van der Waals surface area contributed by atoms with Gasteiger partial charge in [0.15, 0.2) is 11.5 Å². The predicted molar refractivity (Wildman–Crippen MR) is 154 cm³/mol. The van der Waals surface area contributed by atoms with Crippen molar-refractivity contribution in [2.75, 3.05) is 45.8 Å². The molecule has 0 aliphatic carbocycles. The topological polar surface area (TPSA) is 106 Å². The molecule has 2 heterocycles. The van der Waals surface area contributed by atoms with Gasteiger partial charge in [0.25, 0.3) is 0 Å². The molecule has 40 heavy (non-hydrogen) atoms. The fourth-order valence-electron chi connectivity index (χ4n) is 5.89. The Bertz CT molecular complexity index is 1240. The number of likely N-dealkylation sites (tertiary alicyclic amines) is 1. The van der Waals surface area contributed by atoms with E-state index in [0.29, 0.717) is 56.3 Å². The summed E-state index contributed by atoms with van der Waals surface area (Å²) in [6, 6.07) is 12.8. The van der Waals surface area contributed by atoms with Crippen molar-refractivity contribution in [2.45, 2.75) is 57.9 Å². The van der Waals surface area contributed by atoms with Crippen LogP contribution >= 0.6 is 0 Å². The monoisotopic (exact) mass is 574 g/mol. The average molecular weight is 575 g/mol. The summed E-state index contributed by atoms with van der Waals surface area (Å²) in [6.07, 6.45) is 3.90. The van der Waals surface area contributed by atoms with Gasteiger partial charge in [-0.3, -0.25) is 9.69 Å². The lowest BCUT2D eigenvalue weighted by atomic mass is 9.82. The first kappa shape index (κ1) is 30.1. The van der Waals surface area contributed by atoms with Crippen LogP contribution < -0.4 is 14.2 Å². The second kappa shape index (κ2) is 13.7. The number of sulfonamides is 1. The molecular weight excluding hydrogens is 532 g/mol. The molecule has 0 radical (unpaired) electrons. The first-order chi connectivity index (χ1) is 19.3. The Hall–Kier alpha value is -2.82. The minimum atomic E-state index is -3.33. The van der Waals surface area contributed by atoms with Gasteiger partial charge < -0.3 is 19.3 Å². The van der Waals surface area contributed by atoms with E-state index in [4.69, 9.17) is 14.2 Å². The molecule has 1 fully saturated rings. The fourth-order valence-corrected chi connectivity index (χ4v) is 7.59. The van der Waals surface area contributed by atoms with Crippen molar-refractivity contribution < 1.29 is 32.5 Å². The molecule has 2 aromatic carbocycles. The van der Waals surface area contributed by atoms with E-state index >= 15 is 0 Å². The minimum Gasteiger partial charge on any atom is -0.497 e. The number of ether oxygens (including phenoxy) is 3. The zero-order chi connectivity index (χ0) is 28.7. The number of fused-ring (bicyclic) bond motifs is 1. The maximum atomic E-state index is 13.0. The maximum absolute atomic E-state index is 13.0. The Morgan fingerprint density at radius 3 is 2.40 bits per heavy atom. The molecule has 0 bridgehead atoms. The van der Waals surface area contributed by atoms with Crippen LogP contribution in [-0.2, 0) is 14.8 Å². The Morgan fingerprint density at radius 1 is 1.00 bits per heavy atom. The molecule has 0 saturated carbocycles. The molecule has 0 aromatic heterocycles. The number of carboxylic acid groups (broad SMARTS) is 1. The van der Waals surface area contributed by atoms with E-state index < -0.39 is 21.9 Å². The second-order valence-electron chi connectivity index (χ2n) is 10.6. The molecule has 3 atom stereocenters. The van der Waals surface area contributed by atoms with Gasteiger partial charge in [0.2, 0.25) is 16.8 Å². The Morgan fingerprint density at radius 2 is 1.73 bits per heavy atom. The zero-order valence-corrected chi connectivity index (χ0v) is 24.6. The molecule has 4 rings (SSSR count). The van der Waals surface area contributed by atoms with Crippen LogP contribution in [-0.4, -0.2) is 74.5 Å². The van der Waals surface area contributed by atoms with Crippen molar-refractivity contribution in [2.24, 2.45) is 5.92 Å². The number of unbranched alkanes of at least 4 members (excludes halogenated alkanes) is 2. The Balaban J connectivity index is 1.57. The van der Waals surface area contributed by atoms with Gasteiger partial charge in [-0.05, 0) is 54.7 Å². The van der Waals surface area contributed by atoms with Gasteiger partial charge in [0.1, 0.15) is 5.75 Å². The molecule has 220 valence electrons. The van der Waals surface area contributed by atoms with E-state index in [1.165, 1.54) is 0 Å². The second-order valence-corrected chi connectivity index (χ2v) is 12.7. The normalized spacial score (nSPS) is 20.8. The number of rotatable bonds is 15. The summed E-state index contributed by atoms with van der Waals surface area (Å²) in [6.45, 7) is 6.22. The highest BCUT2D eigenvalue weighted by atomic mass is 32.2. The molecule has 0 spiro atoms. The lowest BCUT2D eigenvalue weighted by Gasteiger charge is -2.28. The van der Waals surface area contributed by atoms with Crippen molar-refractivity contribution in [1.29, 1.82) is 0 Å². The molecule has 1 saturated heterocycles. The van der Waals surface area contributed by atoms with Gasteiger partial charge in [0, 0.05) is 38.1 Å². The first-order valence-corrected chi connectivity index (χ1v) is 15.9. The molecule has 0 unspecified atom stereocenters. The summed E-state index contributed by atoms with van der Waals surface area (Å²) in [4.78, 5) is 15.0. The van der Waals surface area contributed by atoms with Crippen LogP contribution in [0, 0.1) is 5.92 Å². The van der Waals surface area contributed by atoms with Gasteiger partial charge in [-0.1, -0.05) is 44.9 Å². The molecule has 0 amide bonds. The van der Waals surface area contributed by atoms with E-state index in [2.05, 4.69) is 11.8 Å². The summed E-state index contributed by atoms with van der Waals surface area (Å²) in [5.74, 6) is 0.333. The third kappa shape index (κ3) is 6.90. The SMILES string of the molecule is CCCCCS(=O)(=O)N(CCC)CCCN1C[C@H](c2ccc3c(c2)OCO3)[C@H](C(=O)O)[C@H]1c1ccc(OC)cc1. The lowest BCUT2D eigenvalue weighted by Crippen LogP contribution is -2.37. The van der Waals surface area contributed by atoms with Gasteiger partial charge in [-0.15, -0.1) is 0 Å².